The molecule has 0 unspecified atom stereocenters. The van der Waals surface area contributed by atoms with Gasteiger partial charge in [-0.1, -0.05) is 18.2 Å². The first-order valence-corrected chi connectivity index (χ1v) is 7.91. The van der Waals surface area contributed by atoms with Crippen molar-refractivity contribution in [2.75, 3.05) is 6.54 Å². The van der Waals surface area contributed by atoms with E-state index in [1.54, 1.807) is 19.1 Å². The van der Waals surface area contributed by atoms with Crippen molar-refractivity contribution in [3.05, 3.63) is 58.0 Å². The highest BCUT2D eigenvalue weighted by Gasteiger charge is 2.50. The zero-order valence-corrected chi connectivity index (χ0v) is 13.1. The van der Waals surface area contributed by atoms with Crippen molar-refractivity contribution in [2.45, 2.75) is 18.6 Å². The second-order valence-electron chi connectivity index (χ2n) is 5.52. The lowest BCUT2D eigenvalue weighted by molar-refractivity contribution is -0.132. The fourth-order valence-electron chi connectivity index (χ4n) is 2.56. The molecule has 0 spiro atoms. The third-order valence-corrected chi connectivity index (χ3v) is 4.99. The van der Waals surface area contributed by atoms with Gasteiger partial charge >= 0.3 is 6.03 Å². The summed E-state index contributed by atoms with van der Waals surface area (Å²) < 4.78 is 12.9. The van der Waals surface area contributed by atoms with E-state index in [-0.39, 0.29) is 6.54 Å². The first-order valence-electron chi connectivity index (χ1n) is 7.03. The number of carbonyl (C=O) groups excluding carboxylic acids is 2. The van der Waals surface area contributed by atoms with Gasteiger partial charge in [-0.2, -0.15) is 0 Å². The summed E-state index contributed by atoms with van der Waals surface area (Å²) in [6.45, 7) is 1.46. The number of hydrogen-bond acceptors (Lipinski definition) is 4. The first-order chi connectivity index (χ1) is 10.9. The van der Waals surface area contributed by atoms with E-state index in [4.69, 9.17) is 0 Å². The number of nitrogens with zero attached hydrogens (tertiary/aromatic N) is 1. The monoisotopic (exact) mass is 334 g/mol. The van der Waals surface area contributed by atoms with Crippen molar-refractivity contribution < 1.29 is 19.1 Å². The second kappa shape index (κ2) is 5.75. The summed E-state index contributed by atoms with van der Waals surface area (Å²) in [5.74, 6) is -0.827. The van der Waals surface area contributed by atoms with Crippen LogP contribution in [0.4, 0.5) is 9.18 Å². The highest BCUT2D eigenvalue weighted by atomic mass is 32.1. The molecule has 2 aromatic rings. The van der Waals surface area contributed by atoms with Gasteiger partial charge in [0.05, 0.1) is 12.6 Å². The average Bonchev–Trinajstić information content (AvgIpc) is 3.12. The lowest BCUT2D eigenvalue weighted by atomic mass is 10.0. The van der Waals surface area contributed by atoms with E-state index >= 15 is 0 Å². The molecule has 1 aromatic heterocycles. The van der Waals surface area contributed by atoms with Crippen molar-refractivity contribution in [3.63, 3.8) is 0 Å². The Kier molecular flexibility index (Phi) is 3.91. The minimum atomic E-state index is -1.12. The van der Waals surface area contributed by atoms with Crippen LogP contribution in [0.2, 0.25) is 0 Å². The van der Waals surface area contributed by atoms with Crippen LogP contribution in [-0.4, -0.2) is 28.5 Å². The molecule has 5 nitrogen and oxygen atoms in total. The van der Waals surface area contributed by atoms with Crippen molar-refractivity contribution >= 4 is 23.3 Å². The largest absolute Gasteiger partial charge is 0.387 e. The minimum Gasteiger partial charge on any atom is -0.387 e. The maximum atomic E-state index is 12.9. The molecule has 3 rings (SSSR count). The maximum absolute atomic E-state index is 12.9. The number of urea groups is 1. The van der Waals surface area contributed by atoms with Gasteiger partial charge in [-0.05, 0) is 36.1 Å². The number of aliphatic hydroxyl groups is 1. The Hall–Kier alpha value is -2.25. The number of imide groups is 1. The summed E-state index contributed by atoms with van der Waals surface area (Å²) in [5, 5.41) is 14.7. The Morgan fingerprint density at radius 1 is 1.30 bits per heavy atom. The van der Waals surface area contributed by atoms with Crippen LogP contribution in [0.25, 0.3) is 0 Å². The normalized spacial score (nSPS) is 22.3. The molecule has 0 radical (unpaired) electrons. The summed E-state index contributed by atoms with van der Waals surface area (Å²) in [5.41, 5.74) is -0.676. The van der Waals surface area contributed by atoms with E-state index in [1.165, 1.54) is 35.6 Å². The molecule has 1 saturated heterocycles. The fourth-order valence-corrected chi connectivity index (χ4v) is 3.39. The van der Waals surface area contributed by atoms with E-state index in [0.717, 1.165) is 9.78 Å². The van der Waals surface area contributed by atoms with Gasteiger partial charge in [0.2, 0.25) is 0 Å². The third kappa shape index (κ3) is 2.73. The van der Waals surface area contributed by atoms with Crippen molar-refractivity contribution in [1.82, 2.24) is 10.2 Å². The Labute approximate surface area is 136 Å². The molecule has 0 bridgehead atoms. The van der Waals surface area contributed by atoms with Gasteiger partial charge in [0.1, 0.15) is 5.82 Å². The highest BCUT2D eigenvalue weighted by molar-refractivity contribution is 7.10. The molecular weight excluding hydrogens is 319 g/mol. The molecule has 0 aliphatic carbocycles. The van der Waals surface area contributed by atoms with Crippen LogP contribution in [0.3, 0.4) is 0 Å². The maximum Gasteiger partial charge on any atom is 0.325 e. The Balaban J connectivity index is 1.79. The summed E-state index contributed by atoms with van der Waals surface area (Å²) >= 11 is 1.38. The van der Waals surface area contributed by atoms with Crippen molar-refractivity contribution in [2.24, 2.45) is 0 Å². The van der Waals surface area contributed by atoms with Gasteiger partial charge in [0.25, 0.3) is 5.91 Å². The molecule has 1 aliphatic rings. The Morgan fingerprint density at radius 3 is 2.61 bits per heavy atom. The van der Waals surface area contributed by atoms with Crippen molar-refractivity contribution in [3.8, 4) is 0 Å². The number of nitrogens with one attached hydrogen (secondary N) is 1. The smallest absolute Gasteiger partial charge is 0.325 e. The first kappa shape index (κ1) is 15.6. The number of benzene rings is 1. The summed E-state index contributed by atoms with van der Waals surface area (Å²) in [7, 11) is 0. The lowest BCUT2D eigenvalue weighted by Crippen LogP contribution is -2.40. The predicted molar refractivity (Wildman–Crippen MR) is 83.3 cm³/mol. The Morgan fingerprint density at radius 2 is 2.00 bits per heavy atom. The summed E-state index contributed by atoms with van der Waals surface area (Å²) in [6.07, 6.45) is -1.07. The average molecular weight is 334 g/mol. The van der Waals surface area contributed by atoms with Gasteiger partial charge in [0.15, 0.2) is 5.54 Å². The number of halogens is 1. The molecule has 23 heavy (non-hydrogen) atoms. The third-order valence-electron chi connectivity index (χ3n) is 3.90. The van der Waals surface area contributed by atoms with Crippen LogP contribution in [0, 0.1) is 5.82 Å². The number of amides is 3. The number of aliphatic hydroxyl groups excluding tert-OH is 1. The molecule has 1 aliphatic heterocycles. The topological polar surface area (TPSA) is 69.6 Å². The molecule has 2 heterocycles. The molecule has 120 valence electrons. The molecule has 1 fully saturated rings. The van der Waals surface area contributed by atoms with E-state index in [0.29, 0.717) is 5.56 Å². The number of carbonyl (C=O) groups is 2. The van der Waals surface area contributed by atoms with Crippen LogP contribution >= 0.6 is 11.3 Å². The molecule has 7 heteroatoms. The van der Waals surface area contributed by atoms with Crippen LogP contribution in [0.5, 0.6) is 0 Å². The van der Waals surface area contributed by atoms with Gasteiger partial charge in [-0.3, -0.25) is 9.69 Å². The SMILES string of the molecule is C[C@]1(c2cccs2)NC(=O)N(C[C@@H](O)c2ccc(F)cc2)C1=O. The quantitative estimate of drug-likeness (QED) is 0.844. The van der Waals surface area contributed by atoms with Crippen molar-refractivity contribution in [1.29, 1.82) is 0 Å². The van der Waals surface area contributed by atoms with Gasteiger partial charge in [-0.25, -0.2) is 9.18 Å². The number of hydrogen-bond donors (Lipinski definition) is 2. The molecular formula is C16H15FN2O3S. The number of thiophene rings is 1. The molecule has 2 N–H and O–H groups in total. The summed E-state index contributed by atoms with van der Waals surface area (Å²) in [4.78, 5) is 26.5. The van der Waals surface area contributed by atoms with Gasteiger partial charge in [-0.15, -0.1) is 11.3 Å². The van der Waals surface area contributed by atoms with E-state index < -0.39 is 29.4 Å². The van der Waals surface area contributed by atoms with Gasteiger partial charge < -0.3 is 10.4 Å². The zero-order chi connectivity index (χ0) is 16.6. The number of rotatable bonds is 4. The molecule has 3 amide bonds. The lowest BCUT2D eigenvalue weighted by Gasteiger charge is -2.21. The predicted octanol–water partition coefficient (Wildman–Crippen LogP) is 2.39. The van der Waals surface area contributed by atoms with E-state index in [1.807, 2.05) is 5.38 Å². The molecule has 2 atom stereocenters. The van der Waals surface area contributed by atoms with E-state index in [9.17, 15) is 19.1 Å². The fraction of sp³-hybridized carbons (Fsp3) is 0.250. The van der Waals surface area contributed by atoms with Crippen LogP contribution in [0.15, 0.2) is 41.8 Å². The second-order valence-corrected chi connectivity index (χ2v) is 6.46. The highest BCUT2D eigenvalue weighted by Crippen LogP contribution is 2.32. The van der Waals surface area contributed by atoms with Gasteiger partial charge in [0, 0.05) is 4.88 Å². The van der Waals surface area contributed by atoms with Crippen LogP contribution in [0.1, 0.15) is 23.5 Å². The standard InChI is InChI=1S/C16H15FN2O3S/c1-16(13-3-2-8-23-13)14(21)19(15(22)18-16)9-12(20)10-4-6-11(17)7-5-10/h2-8,12,20H,9H2,1H3,(H,18,22)/t12-,16-/m1/s1. The number of β-amino-alcohol motifs (C(OH)–C–C–N with tert-alkyl or cyclic N) is 1. The molecule has 1 aromatic carbocycles. The Bertz CT molecular complexity index is 732. The zero-order valence-electron chi connectivity index (χ0n) is 12.3. The minimum absolute atomic E-state index is 0.183. The van der Waals surface area contributed by atoms with Crippen LogP contribution < -0.4 is 5.32 Å². The molecule has 0 saturated carbocycles. The summed E-state index contributed by atoms with van der Waals surface area (Å²) in [6, 6.07) is 8.34. The van der Waals surface area contributed by atoms with E-state index in [2.05, 4.69) is 5.32 Å². The van der Waals surface area contributed by atoms with Crippen LogP contribution in [-0.2, 0) is 10.3 Å².